The Hall–Kier alpha value is -1.14. The van der Waals surface area contributed by atoms with Gasteiger partial charge in [0.15, 0.2) is 0 Å². The average molecular weight is 822 g/mol. The second-order valence-electron chi connectivity index (χ2n) is 18.5. The molecule has 0 aromatic rings. The molecule has 6 heteroatoms. The van der Waals surface area contributed by atoms with E-state index in [4.69, 9.17) is 14.2 Å². The van der Waals surface area contributed by atoms with Crippen LogP contribution in [-0.4, -0.2) is 62.4 Å². The van der Waals surface area contributed by atoms with Gasteiger partial charge in [-0.25, -0.2) is 0 Å². The van der Waals surface area contributed by atoms with Crippen molar-refractivity contribution in [3.63, 3.8) is 0 Å². The molecule has 0 aromatic heterocycles. The van der Waals surface area contributed by atoms with Gasteiger partial charge in [0, 0.05) is 32.0 Å². The lowest BCUT2D eigenvalue weighted by molar-refractivity contribution is -0.145. The van der Waals surface area contributed by atoms with Gasteiger partial charge in [-0.1, -0.05) is 195 Å². The van der Waals surface area contributed by atoms with Gasteiger partial charge in [-0.05, 0) is 77.7 Å². The predicted octanol–water partition coefficient (Wildman–Crippen LogP) is 15.8. The SMILES string of the molecule is CCCCCC(CCCCC)CCOC(=O)CCCCCCCCC(CCCCCCCCC(=O)OCCC(CCCCC)CCCCC)OCCCN(C)C(C)C. The summed E-state index contributed by atoms with van der Waals surface area (Å²) in [5.41, 5.74) is 0. The largest absolute Gasteiger partial charge is 0.466 e. The molecule has 0 aliphatic carbocycles. The van der Waals surface area contributed by atoms with Crippen LogP contribution in [0.5, 0.6) is 0 Å². The summed E-state index contributed by atoms with van der Waals surface area (Å²) in [4.78, 5) is 27.2. The van der Waals surface area contributed by atoms with E-state index in [-0.39, 0.29) is 11.9 Å². The molecule has 0 fully saturated rings. The summed E-state index contributed by atoms with van der Waals surface area (Å²) >= 11 is 0. The second-order valence-corrected chi connectivity index (χ2v) is 18.5. The van der Waals surface area contributed by atoms with Crippen LogP contribution in [0.25, 0.3) is 0 Å². The normalized spacial score (nSPS) is 11.9. The molecule has 0 saturated carbocycles. The van der Waals surface area contributed by atoms with Crippen LogP contribution in [-0.2, 0) is 23.8 Å². The van der Waals surface area contributed by atoms with Crippen LogP contribution in [0.1, 0.15) is 266 Å². The van der Waals surface area contributed by atoms with Crippen LogP contribution in [0.3, 0.4) is 0 Å². The van der Waals surface area contributed by atoms with Crippen molar-refractivity contribution in [2.75, 3.05) is 33.4 Å². The van der Waals surface area contributed by atoms with E-state index in [1.165, 1.54) is 154 Å². The maximum Gasteiger partial charge on any atom is 0.305 e. The third-order valence-corrected chi connectivity index (χ3v) is 12.6. The quantitative estimate of drug-likeness (QED) is 0.0450. The van der Waals surface area contributed by atoms with Crippen molar-refractivity contribution >= 4 is 11.9 Å². The van der Waals surface area contributed by atoms with Crippen molar-refractivity contribution in [1.82, 2.24) is 4.90 Å². The van der Waals surface area contributed by atoms with Crippen molar-refractivity contribution < 1.29 is 23.8 Å². The van der Waals surface area contributed by atoms with Crippen molar-refractivity contribution in [1.29, 1.82) is 0 Å². The summed E-state index contributed by atoms with van der Waals surface area (Å²) in [6, 6.07) is 0.572. The molecule has 0 amide bonds. The summed E-state index contributed by atoms with van der Waals surface area (Å²) < 4.78 is 17.8. The number of unbranched alkanes of at least 4 members (excludes halogenated alkanes) is 18. The lowest BCUT2D eigenvalue weighted by Crippen LogP contribution is -2.28. The van der Waals surface area contributed by atoms with Crippen LogP contribution in [0.4, 0.5) is 0 Å². The Labute approximate surface area is 363 Å². The summed E-state index contributed by atoms with van der Waals surface area (Å²) in [5.74, 6) is 1.45. The van der Waals surface area contributed by atoms with Crippen LogP contribution in [0, 0.1) is 11.8 Å². The van der Waals surface area contributed by atoms with Crippen molar-refractivity contribution in [3.8, 4) is 0 Å². The number of nitrogens with zero attached hydrogens (tertiary/aromatic N) is 1. The monoisotopic (exact) mass is 822 g/mol. The van der Waals surface area contributed by atoms with E-state index >= 15 is 0 Å². The highest BCUT2D eigenvalue weighted by atomic mass is 16.5. The van der Waals surface area contributed by atoms with Gasteiger partial charge < -0.3 is 19.1 Å². The van der Waals surface area contributed by atoms with E-state index in [9.17, 15) is 9.59 Å². The molecule has 0 unspecified atom stereocenters. The lowest BCUT2D eigenvalue weighted by atomic mass is 9.92. The van der Waals surface area contributed by atoms with Gasteiger partial charge in [0.25, 0.3) is 0 Å². The fourth-order valence-corrected chi connectivity index (χ4v) is 8.25. The van der Waals surface area contributed by atoms with E-state index in [1.807, 2.05) is 0 Å². The summed E-state index contributed by atoms with van der Waals surface area (Å²) in [5, 5.41) is 0. The third kappa shape index (κ3) is 39.0. The van der Waals surface area contributed by atoms with Gasteiger partial charge in [0.05, 0.1) is 19.3 Å². The van der Waals surface area contributed by atoms with E-state index in [0.29, 0.717) is 38.2 Å². The Bertz CT molecular complexity index is 787. The zero-order valence-corrected chi connectivity index (χ0v) is 40.4. The molecule has 0 N–H and O–H groups in total. The van der Waals surface area contributed by atoms with Gasteiger partial charge in [-0.2, -0.15) is 0 Å². The Morgan fingerprint density at radius 2 is 0.759 bits per heavy atom. The van der Waals surface area contributed by atoms with Crippen LogP contribution < -0.4 is 0 Å². The topological polar surface area (TPSA) is 65.1 Å². The fourth-order valence-electron chi connectivity index (χ4n) is 8.25. The number of ether oxygens (including phenoxy) is 3. The van der Waals surface area contributed by atoms with Crippen molar-refractivity contribution in [3.05, 3.63) is 0 Å². The molecule has 0 aromatic carbocycles. The van der Waals surface area contributed by atoms with E-state index in [0.717, 1.165) is 82.8 Å². The smallest absolute Gasteiger partial charge is 0.305 e. The average Bonchev–Trinajstić information content (AvgIpc) is 3.20. The summed E-state index contributed by atoms with van der Waals surface area (Å²) in [6.07, 6.45) is 41.7. The minimum Gasteiger partial charge on any atom is -0.466 e. The highest BCUT2D eigenvalue weighted by Gasteiger charge is 2.13. The summed E-state index contributed by atoms with van der Waals surface area (Å²) in [6.45, 7) is 16.7. The first-order valence-corrected chi connectivity index (χ1v) is 25.9. The molecule has 0 aliphatic heterocycles. The zero-order chi connectivity index (χ0) is 42.7. The first-order valence-electron chi connectivity index (χ1n) is 25.9. The van der Waals surface area contributed by atoms with Gasteiger partial charge in [0.2, 0.25) is 0 Å². The van der Waals surface area contributed by atoms with Gasteiger partial charge in [-0.15, -0.1) is 0 Å². The molecule has 0 saturated heterocycles. The third-order valence-electron chi connectivity index (χ3n) is 12.6. The maximum absolute atomic E-state index is 12.4. The molecule has 0 spiro atoms. The molecule has 0 bridgehead atoms. The van der Waals surface area contributed by atoms with Gasteiger partial charge >= 0.3 is 11.9 Å². The minimum atomic E-state index is 0.00484. The predicted molar refractivity (Wildman–Crippen MR) is 251 cm³/mol. The molecule has 0 heterocycles. The lowest BCUT2D eigenvalue weighted by Gasteiger charge is -2.22. The van der Waals surface area contributed by atoms with Crippen molar-refractivity contribution in [2.24, 2.45) is 11.8 Å². The van der Waals surface area contributed by atoms with Gasteiger partial charge in [-0.3, -0.25) is 9.59 Å². The zero-order valence-electron chi connectivity index (χ0n) is 40.4. The maximum atomic E-state index is 12.4. The Balaban J connectivity index is 4.25. The highest BCUT2D eigenvalue weighted by molar-refractivity contribution is 5.69. The number of hydrogen-bond acceptors (Lipinski definition) is 6. The second kappa shape index (κ2) is 43.9. The molecule has 0 rings (SSSR count). The first-order chi connectivity index (χ1) is 28.3. The Morgan fingerprint density at radius 3 is 1.12 bits per heavy atom. The van der Waals surface area contributed by atoms with E-state index in [2.05, 4.69) is 53.5 Å². The molecule has 0 aliphatic rings. The van der Waals surface area contributed by atoms with E-state index in [1.54, 1.807) is 0 Å². The fraction of sp³-hybridized carbons (Fsp3) is 0.962. The van der Waals surface area contributed by atoms with Crippen LogP contribution >= 0.6 is 0 Å². The van der Waals surface area contributed by atoms with Gasteiger partial charge in [0.1, 0.15) is 0 Å². The molecule has 58 heavy (non-hydrogen) atoms. The molecular weight excluding hydrogens is 719 g/mol. The number of hydrogen-bond donors (Lipinski definition) is 0. The molecule has 0 atom stereocenters. The molecule has 6 nitrogen and oxygen atoms in total. The molecular formula is C52H103NO5. The summed E-state index contributed by atoms with van der Waals surface area (Å²) in [7, 11) is 2.20. The molecule has 346 valence electrons. The standard InChI is InChI=1S/C52H103NO5/c1-8-12-24-33-48(34-25-13-9-2)41-45-57-51(54)39-30-22-18-16-20-28-37-50(56-44-32-43-53(7)47(5)6)38-29-21-17-19-23-31-40-52(55)58-46-42-49(35-26-14-10-3)36-27-15-11-4/h47-50H,8-46H2,1-7H3. The number of rotatable bonds is 46. The van der Waals surface area contributed by atoms with E-state index < -0.39 is 0 Å². The Morgan fingerprint density at radius 1 is 0.414 bits per heavy atom. The number of carbonyl (C=O) groups excluding carboxylic acids is 2. The first kappa shape index (κ1) is 56.9. The van der Waals surface area contributed by atoms with Crippen LogP contribution in [0.2, 0.25) is 0 Å². The Kier molecular flexibility index (Phi) is 43.1. The van der Waals surface area contributed by atoms with Crippen molar-refractivity contribution in [2.45, 2.75) is 278 Å². The number of esters is 2. The highest BCUT2D eigenvalue weighted by Crippen LogP contribution is 2.23. The number of carbonyl (C=O) groups is 2. The molecule has 0 radical (unpaired) electrons. The van der Waals surface area contributed by atoms with Crippen LogP contribution in [0.15, 0.2) is 0 Å². The minimum absolute atomic E-state index is 0.00484.